The second-order valence-corrected chi connectivity index (χ2v) is 5.30. The predicted molar refractivity (Wildman–Crippen MR) is 71.7 cm³/mol. The molecule has 0 amide bonds. The molecule has 3 N–H and O–H groups in total. The highest BCUT2D eigenvalue weighted by atomic mass is 32.2. The number of hydrogen-bond acceptors (Lipinski definition) is 3. The van der Waals surface area contributed by atoms with Gasteiger partial charge in [0.25, 0.3) is 0 Å². The van der Waals surface area contributed by atoms with Gasteiger partial charge >= 0.3 is 0 Å². The quantitative estimate of drug-likeness (QED) is 0.716. The molecular formula is C13H21NOS. The highest BCUT2D eigenvalue weighted by Crippen LogP contribution is 2.09. The fraction of sp³-hybridized carbons (Fsp3) is 0.538. The van der Waals surface area contributed by atoms with E-state index in [4.69, 9.17) is 5.73 Å². The first-order valence-corrected chi connectivity index (χ1v) is 6.94. The van der Waals surface area contributed by atoms with Gasteiger partial charge in [-0.3, -0.25) is 0 Å². The molecule has 1 aromatic rings. The number of aliphatic hydroxyl groups is 1. The summed E-state index contributed by atoms with van der Waals surface area (Å²) < 4.78 is 0. The van der Waals surface area contributed by atoms with E-state index in [0.29, 0.717) is 0 Å². The molecule has 90 valence electrons. The van der Waals surface area contributed by atoms with Crippen LogP contribution in [0.4, 0.5) is 0 Å². The average molecular weight is 239 g/mol. The van der Waals surface area contributed by atoms with Crippen LogP contribution >= 0.6 is 11.8 Å². The molecule has 0 aliphatic heterocycles. The van der Waals surface area contributed by atoms with Crippen LogP contribution in [-0.2, 0) is 6.42 Å². The lowest BCUT2D eigenvalue weighted by molar-refractivity contribution is 0.141. The van der Waals surface area contributed by atoms with Crippen LogP contribution in [0, 0.1) is 0 Å². The Morgan fingerprint density at radius 3 is 2.62 bits per heavy atom. The van der Waals surface area contributed by atoms with Crippen LogP contribution in [0.25, 0.3) is 0 Å². The van der Waals surface area contributed by atoms with Crippen molar-refractivity contribution < 1.29 is 5.11 Å². The molecule has 2 nitrogen and oxygen atoms in total. The van der Waals surface area contributed by atoms with Crippen molar-refractivity contribution >= 4 is 11.8 Å². The summed E-state index contributed by atoms with van der Waals surface area (Å²) in [4.78, 5) is 0. The second-order valence-electron chi connectivity index (χ2n) is 3.91. The molecule has 1 aromatic carbocycles. The van der Waals surface area contributed by atoms with Crippen molar-refractivity contribution in [1.29, 1.82) is 0 Å². The molecule has 3 heteroatoms. The monoisotopic (exact) mass is 239 g/mol. The van der Waals surface area contributed by atoms with Gasteiger partial charge in [0.15, 0.2) is 0 Å². The van der Waals surface area contributed by atoms with Crippen molar-refractivity contribution in [3.05, 3.63) is 35.9 Å². The minimum atomic E-state index is -0.390. The van der Waals surface area contributed by atoms with Crippen LogP contribution in [0.1, 0.15) is 18.9 Å². The Morgan fingerprint density at radius 2 is 2.00 bits per heavy atom. The van der Waals surface area contributed by atoms with Crippen LogP contribution in [-0.4, -0.2) is 28.8 Å². The molecule has 2 unspecified atom stereocenters. The van der Waals surface area contributed by atoms with Gasteiger partial charge in [0.2, 0.25) is 0 Å². The first-order chi connectivity index (χ1) is 7.74. The number of nitrogens with two attached hydrogens (primary N) is 1. The maximum atomic E-state index is 9.87. The lowest BCUT2D eigenvalue weighted by Gasteiger charge is -2.18. The number of rotatable bonds is 7. The van der Waals surface area contributed by atoms with Crippen LogP contribution < -0.4 is 5.73 Å². The van der Waals surface area contributed by atoms with E-state index in [2.05, 4.69) is 6.92 Å². The number of aliphatic hydroxyl groups excluding tert-OH is 1. The lowest BCUT2D eigenvalue weighted by atomic mass is 10.0. The van der Waals surface area contributed by atoms with Gasteiger partial charge in [-0.1, -0.05) is 37.3 Å². The van der Waals surface area contributed by atoms with Crippen LogP contribution in [0.5, 0.6) is 0 Å². The molecule has 0 aromatic heterocycles. The third-order valence-electron chi connectivity index (χ3n) is 2.57. The molecule has 0 radical (unpaired) electrons. The van der Waals surface area contributed by atoms with E-state index in [9.17, 15) is 5.11 Å². The predicted octanol–water partition coefficient (Wildman–Crippen LogP) is 2.06. The Morgan fingerprint density at radius 1 is 1.31 bits per heavy atom. The standard InChI is InChI=1S/C13H21NOS/c1-2-16-9-8-13(15)12(14)10-11-6-4-3-5-7-11/h3-7,12-13,15H,2,8-10,14H2,1H3. The second kappa shape index (κ2) is 7.71. The minimum Gasteiger partial charge on any atom is -0.391 e. The number of benzene rings is 1. The Hall–Kier alpha value is -0.510. The fourth-order valence-electron chi connectivity index (χ4n) is 1.58. The third-order valence-corrected chi connectivity index (χ3v) is 3.50. The van der Waals surface area contributed by atoms with Gasteiger partial charge in [0.1, 0.15) is 0 Å². The lowest BCUT2D eigenvalue weighted by Crippen LogP contribution is -2.37. The maximum absolute atomic E-state index is 9.87. The van der Waals surface area contributed by atoms with Crippen molar-refractivity contribution in [2.75, 3.05) is 11.5 Å². The molecule has 1 rings (SSSR count). The molecule has 0 bridgehead atoms. The summed E-state index contributed by atoms with van der Waals surface area (Å²) in [5, 5.41) is 9.87. The molecule has 16 heavy (non-hydrogen) atoms. The molecule has 0 spiro atoms. The Balaban J connectivity index is 2.31. The zero-order chi connectivity index (χ0) is 11.8. The maximum Gasteiger partial charge on any atom is 0.0702 e. The van der Waals surface area contributed by atoms with E-state index in [1.807, 2.05) is 42.1 Å². The molecule has 0 saturated heterocycles. The molecule has 2 atom stereocenters. The number of hydrogen-bond donors (Lipinski definition) is 2. The summed E-state index contributed by atoms with van der Waals surface area (Å²) in [6, 6.07) is 9.94. The van der Waals surface area contributed by atoms with Gasteiger partial charge in [-0.2, -0.15) is 11.8 Å². The zero-order valence-electron chi connectivity index (χ0n) is 9.80. The molecule has 0 heterocycles. The number of thioether (sulfide) groups is 1. The van der Waals surface area contributed by atoms with E-state index in [1.54, 1.807) is 0 Å². The van der Waals surface area contributed by atoms with Gasteiger partial charge in [-0.05, 0) is 29.9 Å². The fourth-order valence-corrected chi connectivity index (χ4v) is 2.28. The smallest absolute Gasteiger partial charge is 0.0702 e. The zero-order valence-corrected chi connectivity index (χ0v) is 10.6. The van der Waals surface area contributed by atoms with Crippen molar-refractivity contribution in [3.63, 3.8) is 0 Å². The first kappa shape index (κ1) is 13.6. The summed E-state index contributed by atoms with van der Waals surface area (Å²) >= 11 is 1.84. The van der Waals surface area contributed by atoms with E-state index in [0.717, 1.165) is 24.3 Å². The molecule has 0 saturated carbocycles. The highest BCUT2D eigenvalue weighted by molar-refractivity contribution is 7.99. The Kier molecular flexibility index (Phi) is 6.53. The first-order valence-electron chi connectivity index (χ1n) is 5.79. The summed E-state index contributed by atoms with van der Waals surface area (Å²) in [6.07, 6.45) is 1.14. The van der Waals surface area contributed by atoms with Gasteiger partial charge < -0.3 is 10.8 Å². The van der Waals surface area contributed by atoms with E-state index in [1.165, 1.54) is 5.56 Å². The minimum absolute atomic E-state index is 0.153. The van der Waals surface area contributed by atoms with E-state index >= 15 is 0 Å². The summed E-state index contributed by atoms with van der Waals surface area (Å²) in [5.41, 5.74) is 7.16. The van der Waals surface area contributed by atoms with Gasteiger partial charge in [-0.25, -0.2) is 0 Å². The van der Waals surface area contributed by atoms with Crippen LogP contribution in [0.15, 0.2) is 30.3 Å². The van der Waals surface area contributed by atoms with Crippen molar-refractivity contribution in [1.82, 2.24) is 0 Å². The van der Waals surface area contributed by atoms with E-state index < -0.39 is 0 Å². The molecule has 0 aliphatic rings. The van der Waals surface area contributed by atoms with Crippen molar-refractivity contribution in [2.45, 2.75) is 31.9 Å². The molecular weight excluding hydrogens is 218 g/mol. The topological polar surface area (TPSA) is 46.2 Å². The van der Waals surface area contributed by atoms with Crippen LogP contribution in [0.3, 0.4) is 0 Å². The van der Waals surface area contributed by atoms with Crippen molar-refractivity contribution in [3.8, 4) is 0 Å². The third kappa shape index (κ3) is 5.01. The average Bonchev–Trinajstić information content (AvgIpc) is 2.30. The van der Waals surface area contributed by atoms with Crippen LogP contribution in [0.2, 0.25) is 0 Å². The summed E-state index contributed by atoms with van der Waals surface area (Å²) in [7, 11) is 0. The largest absolute Gasteiger partial charge is 0.391 e. The summed E-state index contributed by atoms with van der Waals surface area (Å²) in [5.74, 6) is 2.08. The molecule has 0 fully saturated rings. The van der Waals surface area contributed by atoms with E-state index in [-0.39, 0.29) is 12.1 Å². The SMILES string of the molecule is CCSCCC(O)C(N)Cc1ccccc1. The van der Waals surface area contributed by atoms with Gasteiger partial charge in [0, 0.05) is 6.04 Å². The van der Waals surface area contributed by atoms with Gasteiger partial charge in [-0.15, -0.1) is 0 Å². The Bertz CT molecular complexity index is 279. The molecule has 0 aliphatic carbocycles. The summed E-state index contributed by atoms with van der Waals surface area (Å²) in [6.45, 7) is 2.13. The Labute approximate surface area is 102 Å². The van der Waals surface area contributed by atoms with Gasteiger partial charge in [0.05, 0.1) is 6.10 Å². The normalized spacial score (nSPS) is 14.7. The van der Waals surface area contributed by atoms with Crippen molar-refractivity contribution in [2.24, 2.45) is 5.73 Å². The highest BCUT2D eigenvalue weighted by Gasteiger charge is 2.14.